The van der Waals surface area contributed by atoms with Gasteiger partial charge in [-0.15, -0.1) is 0 Å². The molecule has 0 radical (unpaired) electrons. The summed E-state index contributed by atoms with van der Waals surface area (Å²) >= 11 is 3.33. The lowest BCUT2D eigenvalue weighted by molar-refractivity contribution is 0.0953. The van der Waals surface area contributed by atoms with E-state index in [0.29, 0.717) is 17.9 Å². The van der Waals surface area contributed by atoms with E-state index in [0.717, 1.165) is 0 Å². The molecule has 1 aromatic rings. The van der Waals surface area contributed by atoms with Gasteiger partial charge in [-0.3, -0.25) is 4.79 Å². The Labute approximate surface area is 84.8 Å². The van der Waals surface area contributed by atoms with Crippen LogP contribution in [0.2, 0.25) is 0 Å². The van der Waals surface area contributed by atoms with Gasteiger partial charge in [0.1, 0.15) is 11.3 Å². The first-order valence-electron chi connectivity index (χ1n) is 3.95. The topological polar surface area (TPSA) is 55.1 Å². The standard InChI is InChI=1S/C8H11BrN2O2/c1-5(9)3-10-8(12)7-4-11-13-6(7)2/h4-5H,3H2,1-2H3,(H,10,12). The summed E-state index contributed by atoms with van der Waals surface area (Å²) in [6, 6.07) is 0. The monoisotopic (exact) mass is 246 g/mol. The summed E-state index contributed by atoms with van der Waals surface area (Å²) in [6.07, 6.45) is 1.42. The van der Waals surface area contributed by atoms with Gasteiger partial charge in [-0.1, -0.05) is 28.0 Å². The maximum Gasteiger partial charge on any atom is 0.256 e. The number of carbonyl (C=O) groups is 1. The van der Waals surface area contributed by atoms with Crippen molar-refractivity contribution in [1.82, 2.24) is 10.5 Å². The molecule has 1 heterocycles. The highest BCUT2D eigenvalue weighted by Gasteiger charge is 2.12. The Morgan fingerprint density at radius 3 is 3.00 bits per heavy atom. The van der Waals surface area contributed by atoms with Crippen LogP contribution in [0.3, 0.4) is 0 Å². The molecule has 5 heteroatoms. The van der Waals surface area contributed by atoms with Crippen molar-refractivity contribution < 1.29 is 9.32 Å². The third-order valence-corrected chi connectivity index (χ3v) is 1.86. The van der Waals surface area contributed by atoms with Crippen LogP contribution in [0, 0.1) is 6.92 Å². The number of alkyl halides is 1. The van der Waals surface area contributed by atoms with E-state index in [1.54, 1.807) is 6.92 Å². The zero-order valence-corrected chi connectivity index (χ0v) is 9.09. The van der Waals surface area contributed by atoms with E-state index in [1.807, 2.05) is 6.92 Å². The van der Waals surface area contributed by atoms with Crippen molar-refractivity contribution in [2.75, 3.05) is 6.54 Å². The Hall–Kier alpha value is -0.840. The minimum Gasteiger partial charge on any atom is -0.361 e. The summed E-state index contributed by atoms with van der Waals surface area (Å²) in [5.41, 5.74) is 0.494. The second kappa shape index (κ2) is 4.41. The van der Waals surface area contributed by atoms with Gasteiger partial charge >= 0.3 is 0 Å². The second-order valence-electron chi connectivity index (χ2n) is 2.79. The van der Waals surface area contributed by atoms with Crippen LogP contribution in [-0.2, 0) is 0 Å². The molecule has 0 saturated carbocycles. The third-order valence-electron chi connectivity index (χ3n) is 1.54. The minimum absolute atomic E-state index is 0.148. The molecule has 72 valence electrons. The Balaban J connectivity index is 2.54. The molecule has 4 nitrogen and oxygen atoms in total. The molecule has 0 aliphatic heterocycles. The zero-order valence-electron chi connectivity index (χ0n) is 7.50. The molecular weight excluding hydrogens is 236 g/mol. The molecular formula is C8H11BrN2O2. The first kappa shape index (κ1) is 10.2. The van der Waals surface area contributed by atoms with Gasteiger partial charge in [0, 0.05) is 11.4 Å². The van der Waals surface area contributed by atoms with Crippen LogP contribution in [0.1, 0.15) is 23.0 Å². The number of aromatic nitrogens is 1. The molecule has 1 N–H and O–H groups in total. The predicted octanol–water partition coefficient (Wildman–Crippen LogP) is 1.50. The maximum absolute atomic E-state index is 11.4. The van der Waals surface area contributed by atoms with Crippen molar-refractivity contribution in [3.8, 4) is 0 Å². The lowest BCUT2D eigenvalue weighted by Crippen LogP contribution is -2.28. The van der Waals surface area contributed by atoms with Crippen molar-refractivity contribution in [3.05, 3.63) is 17.5 Å². The number of nitrogens with zero attached hydrogens (tertiary/aromatic N) is 1. The molecule has 1 rings (SSSR count). The van der Waals surface area contributed by atoms with Crippen molar-refractivity contribution in [2.45, 2.75) is 18.7 Å². The first-order valence-corrected chi connectivity index (χ1v) is 4.86. The molecule has 0 bridgehead atoms. The maximum atomic E-state index is 11.4. The summed E-state index contributed by atoms with van der Waals surface area (Å²) < 4.78 is 4.77. The van der Waals surface area contributed by atoms with Gasteiger partial charge < -0.3 is 9.84 Å². The van der Waals surface area contributed by atoms with Crippen LogP contribution >= 0.6 is 15.9 Å². The van der Waals surface area contributed by atoms with Gasteiger partial charge in [0.25, 0.3) is 5.91 Å². The number of halogens is 1. The van der Waals surface area contributed by atoms with Crippen LogP contribution in [0.5, 0.6) is 0 Å². The normalized spacial score (nSPS) is 12.5. The third kappa shape index (κ3) is 2.84. The Morgan fingerprint density at radius 1 is 1.85 bits per heavy atom. The average Bonchev–Trinajstić information content (AvgIpc) is 2.47. The number of nitrogens with one attached hydrogen (secondary N) is 1. The van der Waals surface area contributed by atoms with E-state index in [4.69, 9.17) is 4.52 Å². The summed E-state index contributed by atoms with van der Waals surface area (Å²) in [4.78, 5) is 11.7. The molecule has 0 fully saturated rings. The first-order chi connectivity index (χ1) is 6.11. The van der Waals surface area contributed by atoms with Crippen molar-refractivity contribution >= 4 is 21.8 Å². The molecule has 0 saturated heterocycles. The van der Waals surface area contributed by atoms with Crippen molar-refractivity contribution in [1.29, 1.82) is 0 Å². The second-order valence-corrected chi connectivity index (χ2v) is 4.35. The molecule has 0 spiro atoms. The van der Waals surface area contributed by atoms with Gasteiger partial charge in [0.05, 0.1) is 6.20 Å². The fraction of sp³-hybridized carbons (Fsp3) is 0.500. The summed E-state index contributed by atoms with van der Waals surface area (Å²) in [5.74, 6) is 0.393. The molecule has 13 heavy (non-hydrogen) atoms. The molecule has 0 aliphatic carbocycles. The molecule has 1 atom stereocenters. The van der Waals surface area contributed by atoms with Crippen LogP contribution in [0.25, 0.3) is 0 Å². The fourth-order valence-electron chi connectivity index (χ4n) is 0.845. The quantitative estimate of drug-likeness (QED) is 0.823. The summed E-state index contributed by atoms with van der Waals surface area (Å²) in [5, 5.41) is 6.26. The van der Waals surface area contributed by atoms with E-state index in [9.17, 15) is 4.79 Å². The van der Waals surface area contributed by atoms with E-state index >= 15 is 0 Å². The van der Waals surface area contributed by atoms with Crippen LogP contribution in [0.4, 0.5) is 0 Å². The number of rotatable bonds is 3. The van der Waals surface area contributed by atoms with Gasteiger partial charge in [-0.2, -0.15) is 0 Å². The number of carbonyl (C=O) groups excluding carboxylic acids is 1. The average molecular weight is 247 g/mol. The Kier molecular flexibility index (Phi) is 3.48. The molecule has 0 aromatic carbocycles. The SMILES string of the molecule is Cc1oncc1C(=O)NCC(C)Br. The van der Waals surface area contributed by atoms with Gasteiger partial charge in [0.15, 0.2) is 0 Å². The van der Waals surface area contributed by atoms with E-state index in [2.05, 4.69) is 26.4 Å². The predicted molar refractivity (Wildman–Crippen MR) is 52.0 cm³/mol. The largest absolute Gasteiger partial charge is 0.361 e. The highest BCUT2D eigenvalue weighted by molar-refractivity contribution is 9.09. The van der Waals surface area contributed by atoms with Crippen molar-refractivity contribution in [2.24, 2.45) is 0 Å². The van der Waals surface area contributed by atoms with Crippen LogP contribution in [-0.4, -0.2) is 22.4 Å². The zero-order chi connectivity index (χ0) is 9.84. The fourth-order valence-corrected chi connectivity index (χ4v) is 1.01. The number of aryl methyl sites for hydroxylation is 1. The van der Waals surface area contributed by atoms with Crippen molar-refractivity contribution in [3.63, 3.8) is 0 Å². The molecule has 1 amide bonds. The van der Waals surface area contributed by atoms with E-state index < -0.39 is 0 Å². The van der Waals surface area contributed by atoms with Crippen LogP contribution < -0.4 is 5.32 Å². The van der Waals surface area contributed by atoms with Gasteiger partial charge in [-0.25, -0.2) is 0 Å². The summed E-state index contributed by atoms with van der Waals surface area (Å²) in [7, 11) is 0. The number of amides is 1. The molecule has 1 unspecified atom stereocenters. The Morgan fingerprint density at radius 2 is 2.54 bits per heavy atom. The van der Waals surface area contributed by atoms with E-state index in [1.165, 1.54) is 6.20 Å². The minimum atomic E-state index is -0.148. The van der Waals surface area contributed by atoms with Crippen LogP contribution in [0.15, 0.2) is 10.7 Å². The lowest BCUT2D eigenvalue weighted by Gasteiger charge is -2.04. The smallest absolute Gasteiger partial charge is 0.256 e. The number of hydrogen-bond donors (Lipinski definition) is 1. The molecule has 0 aliphatic rings. The highest BCUT2D eigenvalue weighted by Crippen LogP contribution is 2.05. The Bertz CT molecular complexity index is 296. The number of hydrogen-bond acceptors (Lipinski definition) is 3. The highest BCUT2D eigenvalue weighted by atomic mass is 79.9. The molecule has 1 aromatic heterocycles. The summed E-state index contributed by atoms with van der Waals surface area (Å²) in [6.45, 7) is 4.25. The van der Waals surface area contributed by atoms with Gasteiger partial charge in [0.2, 0.25) is 0 Å². The van der Waals surface area contributed by atoms with Gasteiger partial charge in [-0.05, 0) is 6.92 Å². The van der Waals surface area contributed by atoms with E-state index in [-0.39, 0.29) is 10.7 Å². The lowest BCUT2D eigenvalue weighted by atomic mass is 10.2.